The molecular formula is C23H32FN3O3. The number of likely N-dealkylation sites (tertiary alicyclic amines) is 3. The molecule has 3 aliphatic rings. The van der Waals surface area contributed by atoms with Gasteiger partial charge in [-0.15, -0.1) is 0 Å². The molecule has 1 atom stereocenters. The highest BCUT2D eigenvalue weighted by Gasteiger charge is 2.64. The van der Waals surface area contributed by atoms with Gasteiger partial charge in [0.25, 0.3) is 5.91 Å². The molecule has 2 spiro atoms. The van der Waals surface area contributed by atoms with E-state index in [0.29, 0.717) is 19.7 Å². The number of ether oxygens (including phenoxy) is 1. The third-order valence-corrected chi connectivity index (χ3v) is 7.65. The Balaban J connectivity index is 1.54. The van der Waals surface area contributed by atoms with Crippen molar-refractivity contribution in [3.05, 3.63) is 35.6 Å². The van der Waals surface area contributed by atoms with E-state index >= 15 is 0 Å². The van der Waals surface area contributed by atoms with Gasteiger partial charge in [-0.25, -0.2) is 4.39 Å². The summed E-state index contributed by atoms with van der Waals surface area (Å²) in [6, 6.07) is 6.16. The number of benzene rings is 1. The van der Waals surface area contributed by atoms with Crippen molar-refractivity contribution in [1.29, 1.82) is 0 Å². The molecule has 1 aromatic rings. The molecule has 3 heterocycles. The van der Waals surface area contributed by atoms with Gasteiger partial charge in [0.05, 0.1) is 17.6 Å². The second kappa shape index (κ2) is 8.27. The van der Waals surface area contributed by atoms with Gasteiger partial charge in [-0.05, 0) is 38.3 Å². The molecule has 4 rings (SSSR count). The van der Waals surface area contributed by atoms with Crippen LogP contribution in [0.15, 0.2) is 24.3 Å². The summed E-state index contributed by atoms with van der Waals surface area (Å²) < 4.78 is 19.4. The zero-order valence-corrected chi connectivity index (χ0v) is 18.0. The minimum absolute atomic E-state index is 0.130. The number of amides is 2. The molecule has 3 aliphatic heterocycles. The lowest BCUT2D eigenvalue weighted by atomic mass is 9.60. The zero-order valence-electron chi connectivity index (χ0n) is 18.0. The van der Waals surface area contributed by atoms with Gasteiger partial charge >= 0.3 is 0 Å². The number of methoxy groups -OCH3 is 1. The summed E-state index contributed by atoms with van der Waals surface area (Å²) in [4.78, 5) is 32.5. The van der Waals surface area contributed by atoms with E-state index in [1.807, 2.05) is 11.8 Å². The van der Waals surface area contributed by atoms with Crippen molar-refractivity contribution in [2.24, 2.45) is 10.8 Å². The largest absolute Gasteiger partial charge is 0.383 e. The normalized spacial score (nSPS) is 26.3. The Morgan fingerprint density at radius 2 is 1.87 bits per heavy atom. The maximum atomic E-state index is 14.1. The molecule has 0 N–H and O–H groups in total. The Kier molecular flexibility index (Phi) is 5.86. The third-order valence-electron chi connectivity index (χ3n) is 7.65. The van der Waals surface area contributed by atoms with Crippen LogP contribution in [-0.4, -0.2) is 86.0 Å². The van der Waals surface area contributed by atoms with Gasteiger partial charge in [-0.3, -0.25) is 14.5 Å². The van der Waals surface area contributed by atoms with E-state index < -0.39 is 5.82 Å². The van der Waals surface area contributed by atoms with Crippen molar-refractivity contribution >= 4 is 11.8 Å². The molecule has 1 aromatic carbocycles. The average Bonchev–Trinajstić information content (AvgIpc) is 3.24. The number of rotatable bonds is 5. The van der Waals surface area contributed by atoms with E-state index in [0.717, 1.165) is 52.0 Å². The molecule has 0 radical (unpaired) electrons. The van der Waals surface area contributed by atoms with Gasteiger partial charge < -0.3 is 14.5 Å². The van der Waals surface area contributed by atoms with Crippen LogP contribution in [0.4, 0.5) is 4.39 Å². The van der Waals surface area contributed by atoms with Crippen molar-refractivity contribution in [3.63, 3.8) is 0 Å². The van der Waals surface area contributed by atoms with Crippen LogP contribution in [0.3, 0.4) is 0 Å². The molecular weight excluding hydrogens is 385 g/mol. The Bertz CT molecular complexity index is 809. The first-order valence-corrected chi connectivity index (χ1v) is 11.0. The average molecular weight is 418 g/mol. The summed E-state index contributed by atoms with van der Waals surface area (Å²) in [5.74, 6) is -0.451. The molecule has 0 bridgehead atoms. The lowest BCUT2D eigenvalue weighted by Gasteiger charge is -2.47. The SMILES string of the molecule is CCN1CCC2(CN(CCOC)CC23CCN(C(=O)c2ccccc2F)CC3)C1=O. The highest BCUT2D eigenvalue weighted by molar-refractivity contribution is 5.94. The first-order valence-electron chi connectivity index (χ1n) is 11.0. The topological polar surface area (TPSA) is 53.1 Å². The third kappa shape index (κ3) is 3.32. The van der Waals surface area contributed by atoms with E-state index in [1.165, 1.54) is 6.07 Å². The van der Waals surface area contributed by atoms with E-state index in [1.54, 1.807) is 30.2 Å². The minimum Gasteiger partial charge on any atom is -0.383 e. The van der Waals surface area contributed by atoms with Gasteiger partial charge in [0.15, 0.2) is 0 Å². The lowest BCUT2D eigenvalue weighted by Crippen LogP contribution is -2.53. The second-order valence-electron chi connectivity index (χ2n) is 8.97. The number of piperidine rings is 1. The molecule has 7 heteroatoms. The van der Waals surface area contributed by atoms with Crippen LogP contribution in [0.25, 0.3) is 0 Å². The van der Waals surface area contributed by atoms with Gasteiger partial charge in [-0.1, -0.05) is 12.1 Å². The molecule has 30 heavy (non-hydrogen) atoms. The summed E-state index contributed by atoms with van der Waals surface area (Å²) in [7, 11) is 1.70. The fraction of sp³-hybridized carbons (Fsp3) is 0.652. The molecule has 6 nitrogen and oxygen atoms in total. The number of fused-ring (bicyclic) bond motifs is 1. The van der Waals surface area contributed by atoms with Gasteiger partial charge in [0.1, 0.15) is 5.82 Å². The maximum absolute atomic E-state index is 14.1. The highest BCUT2D eigenvalue weighted by atomic mass is 19.1. The van der Waals surface area contributed by atoms with Crippen LogP contribution in [0.5, 0.6) is 0 Å². The molecule has 1 unspecified atom stereocenters. The van der Waals surface area contributed by atoms with Gasteiger partial charge in [0, 0.05) is 58.3 Å². The van der Waals surface area contributed by atoms with Crippen LogP contribution in [0, 0.1) is 16.6 Å². The zero-order chi connectivity index (χ0) is 21.4. The van der Waals surface area contributed by atoms with Crippen molar-refractivity contribution in [3.8, 4) is 0 Å². The van der Waals surface area contributed by atoms with E-state index in [9.17, 15) is 14.0 Å². The molecule has 0 aromatic heterocycles. The first kappa shape index (κ1) is 21.2. The van der Waals surface area contributed by atoms with E-state index in [4.69, 9.17) is 4.74 Å². The number of hydrogen-bond acceptors (Lipinski definition) is 4. The van der Waals surface area contributed by atoms with E-state index in [-0.39, 0.29) is 28.2 Å². The highest BCUT2D eigenvalue weighted by Crippen LogP contribution is 2.57. The van der Waals surface area contributed by atoms with Crippen molar-refractivity contribution in [2.75, 3.05) is 59.5 Å². The smallest absolute Gasteiger partial charge is 0.256 e. The van der Waals surface area contributed by atoms with Crippen molar-refractivity contribution < 1.29 is 18.7 Å². The predicted molar refractivity (Wildman–Crippen MR) is 112 cm³/mol. The maximum Gasteiger partial charge on any atom is 0.256 e. The number of halogens is 1. The lowest BCUT2D eigenvalue weighted by molar-refractivity contribution is -0.141. The van der Waals surface area contributed by atoms with E-state index in [2.05, 4.69) is 4.90 Å². The Morgan fingerprint density at radius 3 is 2.50 bits per heavy atom. The van der Waals surface area contributed by atoms with Crippen molar-refractivity contribution in [2.45, 2.75) is 26.2 Å². The van der Waals surface area contributed by atoms with Crippen LogP contribution in [0.2, 0.25) is 0 Å². The number of hydrogen-bond donors (Lipinski definition) is 0. The summed E-state index contributed by atoms with van der Waals surface area (Å²) in [6.07, 6.45) is 2.43. The fourth-order valence-corrected chi connectivity index (χ4v) is 5.92. The quantitative estimate of drug-likeness (QED) is 0.738. The Labute approximate surface area is 177 Å². The van der Waals surface area contributed by atoms with Crippen molar-refractivity contribution in [1.82, 2.24) is 14.7 Å². The predicted octanol–water partition coefficient (Wildman–Crippen LogP) is 2.25. The summed E-state index contributed by atoms with van der Waals surface area (Å²) >= 11 is 0. The minimum atomic E-state index is -0.476. The molecule has 2 amide bonds. The summed E-state index contributed by atoms with van der Waals surface area (Å²) in [5, 5.41) is 0. The molecule has 0 aliphatic carbocycles. The Morgan fingerprint density at radius 1 is 1.13 bits per heavy atom. The van der Waals surface area contributed by atoms with Gasteiger partial charge in [-0.2, -0.15) is 0 Å². The molecule has 3 fully saturated rings. The standard InChI is InChI=1S/C23H32FN3O3/c1-3-26-13-10-23(21(26)29)17-25(14-15-30-2)16-22(23)8-11-27(12-9-22)20(28)18-6-4-5-7-19(18)24/h4-7H,3,8-17H2,1-2H3. The van der Waals surface area contributed by atoms with Crippen LogP contribution in [0.1, 0.15) is 36.5 Å². The van der Waals surface area contributed by atoms with Crippen LogP contribution >= 0.6 is 0 Å². The number of carbonyl (C=O) groups is 2. The number of carbonyl (C=O) groups excluding carboxylic acids is 2. The van der Waals surface area contributed by atoms with Crippen LogP contribution in [-0.2, 0) is 9.53 Å². The fourth-order valence-electron chi connectivity index (χ4n) is 5.92. The second-order valence-corrected chi connectivity index (χ2v) is 8.97. The summed E-state index contributed by atoms with van der Waals surface area (Å²) in [5.41, 5.74) is -0.372. The molecule has 0 saturated carbocycles. The molecule has 164 valence electrons. The van der Waals surface area contributed by atoms with Crippen LogP contribution < -0.4 is 0 Å². The monoisotopic (exact) mass is 417 g/mol. The molecule has 3 saturated heterocycles. The first-order chi connectivity index (χ1) is 14.5. The van der Waals surface area contributed by atoms with Gasteiger partial charge in [0.2, 0.25) is 5.91 Å². The Hall–Kier alpha value is -1.99. The number of nitrogens with zero attached hydrogens (tertiary/aromatic N) is 3. The summed E-state index contributed by atoms with van der Waals surface area (Å²) in [6.45, 7) is 7.82.